The van der Waals surface area contributed by atoms with Crippen molar-refractivity contribution in [2.45, 2.75) is 50.3 Å². The number of pyridine rings is 1. The molecule has 150 valence electrons. The fourth-order valence-electron chi connectivity index (χ4n) is 4.84. The van der Waals surface area contributed by atoms with Crippen molar-refractivity contribution in [1.82, 2.24) is 9.88 Å². The van der Waals surface area contributed by atoms with Crippen LogP contribution >= 0.6 is 15.9 Å². The Balaban J connectivity index is 1.53. The molecule has 1 aliphatic carbocycles. The van der Waals surface area contributed by atoms with E-state index in [1.54, 1.807) is 17.5 Å². The zero-order chi connectivity index (χ0) is 20.0. The van der Waals surface area contributed by atoms with Crippen molar-refractivity contribution in [3.05, 3.63) is 58.8 Å². The summed E-state index contributed by atoms with van der Waals surface area (Å²) < 4.78 is 0.953. The van der Waals surface area contributed by atoms with Crippen LogP contribution in [0.4, 0.5) is 5.69 Å². The monoisotopic (exact) mass is 455 g/mol. The molecule has 3 heterocycles. The van der Waals surface area contributed by atoms with Gasteiger partial charge in [-0.25, -0.2) is 5.06 Å². The van der Waals surface area contributed by atoms with E-state index in [9.17, 15) is 9.59 Å². The fraction of sp³-hybridized carbons (Fsp3) is 0.409. The maximum absolute atomic E-state index is 13.5. The van der Waals surface area contributed by atoms with Gasteiger partial charge in [0.1, 0.15) is 5.92 Å². The van der Waals surface area contributed by atoms with Crippen LogP contribution in [-0.4, -0.2) is 33.8 Å². The van der Waals surface area contributed by atoms with E-state index in [0.717, 1.165) is 41.4 Å². The van der Waals surface area contributed by atoms with Crippen LogP contribution in [0.5, 0.6) is 0 Å². The number of hydroxylamine groups is 1. The molecule has 6 nitrogen and oxygen atoms in total. The number of fused-ring (bicyclic) bond motifs is 1. The molecule has 3 fully saturated rings. The standard InChI is InChI=1S/C22H22BrN3O3/c23-15-8-10-17(11-9-15)26-19(14-5-4-12-24-13-14)18-20(29-26)22(28)25(21(18)27)16-6-2-1-3-7-16/h4-5,8-13,16,18-20H,1-3,6-7H2/t18-,19+,20-/m0/s1. The molecule has 2 saturated heterocycles. The molecule has 2 aromatic rings. The van der Waals surface area contributed by atoms with Crippen molar-refractivity contribution in [3.63, 3.8) is 0 Å². The molecule has 1 saturated carbocycles. The number of hydrogen-bond acceptors (Lipinski definition) is 5. The Morgan fingerprint density at radius 3 is 2.45 bits per heavy atom. The van der Waals surface area contributed by atoms with E-state index < -0.39 is 12.0 Å². The Labute approximate surface area is 177 Å². The van der Waals surface area contributed by atoms with Crippen LogP contribution in [0.3, 0.4) is 0 Å². The summed E-state index contributed by atoms with van der Waals surface area (Å²) >= 11 is 3.45. The van der Waals surface area contributed by atoms with Gasteiger partial charge in [0.05, 0.1) is 11.7 Å². The topological polar surface area (TPSA) is 62.7 Å². The zero-order valence-corrected chi connectivity index (χ0v) is 17.5. The van der Waals surface area contributed by atoms with Crippen molar-refractivity contribution in [3.8, 4) is 0 Å². The van der Waals surface area contributed by atoms with Gasteiger partial charge in [-0.1, -0.05) is 41.3 Å². The van der Waals surface area contributed by atoms with Gasteiger partial charge >= 0.3 is 0 Å². The van der Waals surface area contributed by atoms with Crippen LogP contribution in [0.2, 0.25) is 0 Å². The minimum absolute atomic E-state index is 0.00799. The van der Waals surface area contributed by atoms with E-state index >= 15 is 0 Å². The Bertz CT molecular complexity index is 915. The fourth-order valence-corrected chi connectivity index (χ4v) is 5.10. The highest BCUT2D eigenvalue weighted by Crippen LogP contribution is 2.47. The maximum atomic E-state index is 13.5. The predicted molar refractivity (Wildman–Crippen MR) is 111 cm³/mol. The maximum Gasteiger partial charge on any atom is 0.262 e. The van der Waals surface area contributed by atoms with Gasteiger partial charge in [0, 0.05) is 22.9 Å². The highest BCUT2D eigenvalue weighted by atomic mass is 79.9. The minimum atomic E-state index is -0.779. The minimum Gasteiger partial charge on any atom is -0.277 e. The number of hydrogen-bond donors (Lipinski definition) is 0. The number of carbonyl (C=O) groups excluding carboxylic acids is 2. The molecule has 0 bridgehead atoms. The molecule has 2 amide bonds. The van der Waals surface area contributed by atoms with Crippen LogP contribution in [0.15, 0.2) is 53.3 Å². The van der Waals surface area contributed by atoms with Gasteiger partial charge in [-0.05, 0) is 48.7 Å². The molecule has 29 heavy (non-hydrogen) atoms. The summed E-state index contributed by atoms with van der Waals surface area (Å²) in [7, 11) is 0. The second kappa shape index (κ2) is 7.54. The van der Waals surface area contributed by atoms with E-state index in [4.69, 9.17) is 4.84 Å². The molecular formula is C22H22BrN3O3. The molecule has 1 aromatic carbocycles. The first-order valence-electron chi connectivity index (χ1n) is 10.1. The third kappa shape index (κ3) is 3.16. The average Bonchev–Trinajstić information content (AvgIpc) is 3.26. The normalized spacial score (nSPS) is 27.6. The number of rotatable bonds is 3. The number of likely N-dealkylation sites (tertiary alicyclic amines) is 1. The van der Waals surface area contributed by atoms with Crippen LogP contribution in [0, 0.1) is 5.92 Å². The van der Waals surface area contributed by atoms with E-state index in [-0.39, 0.29) is 23.9 Å². The molecule has 0 spiro atoms. The number of amides is 2. The average molecular weight is 456 g/mol. The summed E-state index contributed by atoms with van der Waals surface area (Å²) in [4.78, 5) is 38.6. The van der Waals surface area contributed by atoms with E-state index in [1.165, 1.54) is 11.3 Å². The van der Waals surface area contributed by atoms with Gasteiger partial charge < -0.3 is 0 Å². The van der Waals surface area contributed by atoms with Gasteiger partial charge in [0.2, 0.25) is 5.91 Å². The number of anilines is 1. The second-order valence-corrected chi connectivity index (χ2v) is 8.84. The Hall–Kier alpha value is -2.25. The first-order chi connectivity index (χ1) is 14.1. The lowest BCUT2D eigenvalue weighted by atomic mass is 9.91. The van der Waals surface area contributed by atoms with Gasteiger partial charge in [0.25, 0.3) is 5.91 Å². The molecule has 0 unspecified atom stereocenters. The molecule has 0 N–H and O–H groups in total. The summed E-state index contributed by atoms with van der Waals surface area (Å²) in [5, 5.41) is 1.72. The third-order valence-corrected chi connectivity index (χ3v) is 6.73. The van der Waals surface area contributed by atoms with Crippen LogP contribution < -0.4 is 5.06 Å². The van der Waals surface area contributed by atoms with E-state index in [2.05, 4.69) is 20.9 Å². The van der Waals surface area contributed by atoms with Crippen LogP contribution in [0.1, 0.15) is 43.7 Å². The molecule has 2 aliphatic heterocycles. The molecule has 3 aliphatic rings. The molecular weight excluding hydrogens is 434 g/mol. The smallest absolute Gasteiger partial charge is 0.262 e. The number of carbonyl (C=O) groups is 2. The SMILES string of the molecule is O=C1[C@@H]2[C@H](ON(c3ccc(Br)cc3)[C@@H]2c2cccnc2)C(=O)N1C1CCCCC1. The predicted octanol–water partition coefficient (Wildman–Crippen LogP) is 4.02. The summed E-state index contributed by atoms with van der Waals surface area (Å²) in [6, 6.07) is 11.1. The van der Waals surface area contributed by atoms with Crippen molar-refractivity contribution in [1.29, 1.82) is 0 Å². The summed E-state index contributed by atoms with van der Waals surface area (Å²) in [5.74, 6) is -0.863. The van der Waals surface area contributed by atoms with E-state index in [0.29, 0.717) is 0 Å². The Kier molecular flexibility index (Phi) is 4.87. The van der Waals surface area contributed by atoms with Crippen LogP contribution in [0.25, 0.3) is 0 Å². The molecule has 3 atom stereocenters. The molecule has 0 radical (unpaired) electrons. The van der Waals surface area contributed by atoms with Crippen molar-refractivity contribution in [2.75, 3.05) is 5.06 Å². The lowest BCUT2D eigenvalue weighted by Gasteiger charge is -2.33. The molecule has 5 rings (SSSR count). The highest BCUT2D eigenvalue weighted by Gasteiger charge is 2.61. The summed E-state index contributed by atoms with van der Waals surface area (Å²) in [6.07, 6.45) is 7.77. The molecule has 7 heteroatoms. The molecule has 1 aromatic heterocycles. The van der Waals surface area contributed by atoms with Crippen molar-refractivity contribution in [2.24, 2.45) is 5.92 Å². The van der Waals surface area contributed by atoms with E-state index in [1.807, 2.05) is 36.4 Å². The van der Waals surface area contributed by atoms with Gasteiger partial charge in [-0.2, -0.15) is 0 Å². The number of aromatic nitrogens is 1. The quantitative estimate of drug-likeness (QED) is 0.653. The highest BCUT2D eigenvalue weighted by molar-refractivity contribution is 9.10. The van der Waals surface area contributed by atoms with Gasteiger partial charge in [0.15, 0.2) is 6.10 Å². The van der Waals surface area contributed by atoms with Crippen molar-refractivity contribution < 1.29 is 14.4 Å². The van der Waals surface area contributed by atoms with Gasteiger partial charge in [-0.15, -0.1) is 0 Å². The van der Waals surface area contributed by atoms with Crippen LogP contribution in [-0.2, 0) is 14.4 Å². The number of halogens is 1. The summed E-state index contributed by atoms with van der Waals surface area (Å²) in [5.41, 5.74) is 1.68. The summed E-state index contributed by atoms with van der Waals surface area (Å²) in [6.45, 7) is 0. The lowest BCUT2D eigenvalue weighted by molar-refractivity contribution is -0.146. The Morgan fingerprint density at radius 1 is 1.00 bits per heavy atom. The largest absolute Gasteiger partial charge is 0.277 e. The first kappa shape index (κ1) is 18.8. The number of nitrogens with zero attached hydrogens (tertiary/aromatic N) is 3. The first-order valence-corrected chi connectivity index (χ1v) is 10.9. The second-order valence-electron chi connectivity index (χ2n) is 7.92. The zero-order valence-electron chi connectivity index (χ0n) is 15.9. The number of benzene rings is 1. The number of imide groups is 1. The van der Waals surface area contributed by atoms with Crippen molar-refractivity contribution >= 4 is 33.4 Å². The third-order valence-electron chi connectivity index (χ3n) is 6.20. The Morgan fingerprint density at radius 2 is 1.76 bits per heavy atom. The lowest BCUT2D eigenvalue weighted by Crippen LogP contribution is -2.44. The van der Waals surface area contributed by atoms with Gasteiger partial charge in [-0.3, -0.25) is 24.3 Å².